The molecule has 0 aromatic rings. The zero-order chi connectivity index (χ0) is 68.2. The number of hydrogen-bond acceptors (Lipinski definition) is 18. The standard InChI is InChI=1S/C75H143NO18/c1-3-5-7-9-11-13-15-17-19-21-22-23-24-25-26-27-28-29-30-31-32-33-34-35-37-38-40-42-44-46-48-50-52-59(80)58(76-63(81)53-51-49-47-45-43-41-39-36-20-18-16-14-12-10-8-6-4-2)57-89-73-69(87)66(84)71(61(55-78)91-73)94-75-70(88)67(85)72(62(56-79)92-75)93-74-68(86)65(83)64(82)60(54-77)90-74/h50,52,58-62,64-75,77-80,82-88H,3-49,51,53-57H2,1-2H3,(H,76,81)/b52-50+. The molecule has 0 aromatic heterocycles. The maximum absolute atomic E-state index is 13.4. The summed E-state index contributed by atoms with van der Waals surface area (Å²) in [6, 6.07) is -0.969. The summed E-state index contributed by atoms with van der Waals surface area (Å²) in [5.74, 6) is -0.268. The Balaban J connectivity index is 1.37. The monoisotopic (exact) mass is 1350 g/mol. The average Bonchev–Trinajstić information content (AvgIpc) is 0.788. The molecule has 0 aliphatic carbocycles. The summed E-state index contributed by atoms with van der Waals surface area (Å²) in [5, 5.41) is 121. The molecule has 3 saturated heterocycles. The van der Waals surface area contributed by atoms with Crippen LogP contribution in [0.5, 0.6) is 0 Å². The van der Waals surface area contributed by atoms with Gasteiger partial charge in [-0.15, -0.1) is 0 Å². The molecule has 3 heterocycles. The number of hydrogen-bond donors (Lipinski definition) is 12. The first kappa shape index (κ1) is 86.8. The Morgan fingerprint density at radius 3 is 1.00 bits per heavy atom. The van der Waals surface area contributed by atoms with Gasteiger partial charge in [0.25, 0.3) is 0 Å². The summed E-state index contributed by atoms with van der Waals surface area (Å²) >= 11 is 0. The fraction of sp³-hybridized carbons (Fsp3) is 0.960. The first-order valence-corrected chi connectivity index (χ1v) is 38.9. The highest BCUT2D eigenvalue weighted by Crippen LogP contribution is 2.33. The zero-order valence-corrected chi connectivity index (χ0v) is 59.2. The molecule has 1 amide bonds. The lowest BCUT2D eigenvalue weighted by molar-refractivity contribution is -0.379. The quantitative estimate of drug-likeness (QED) is 0.0199. The van der Waals surface area contributed by atoms with Gasteiger partial charge in [0.1, 0.15) is 73.2 Å². The Kier molecular flexibility index (Phi) is 52.8. The van der Waals surface area contributed by atoms with Crippen LogP contribution in [0.15, 0.2) is 12.2 Å². The number of allylic oxidation sites excluding steroid dienone is 1. The second-order valence-electron chi connectivity index (χ2n) is 28.2. The first-order chi connectivity index (χ1) is 45.8. The third-order valence-corrected chi connectivity index (χ3v) is 19.8. The van der Waals surface area contributed by atoms with Crippen LogP contribution in [0.3, 0.4) is 0 Å². The zero-order valence-electron chi connectivity index (χ0n) is 59.2. The number of carbonyl (C=O) groups is 1. The Morgan fingerprint density at radius 1 is 0.372 bits per heavy atom. The Morgan fingerprint density at radius 2 is 0.660 bits per heavy atom. The van der Waals surface area contributed by atoms with E-state index < -0.39 is 124 Å². The second-order valence-corrected chi connectivity index (χ2v) is 28.2. The van der Waals surface area contributed by atoms with Crippen LogP contribution in [-0.4, -0.2) is 193 Å². The normalized spacial score (nSPS) is 27.4. The number of ether oxygens (including phenoxy) is 6. The molecular formula is C75H143NO18. The highest BCUT2D eigenvalue weighted by molar-refractivity contribution is 5.76. The van der Waals surface area contributed by atoms with E-state index >= 15 is 0 Å². The predicted molar refractivity (Wildman–Crippen MR) is 370 cm³/mol. The van der Waals surface area contributed by atoms with Crippen molar-refractivity contribution in [1.29, 1.82) is 0 Å². The Hall–Kier alpha value is -1.47. The van der Waals surface area contributed by atoms with Gasteiger partial charge in [0.2, 0.25) is 5.91 Å². The van der Waals surface area contributed by atoms with E-state index in [1.165, 1.54) is 257 Å². The van der Waals surface area contributed by atoms with E-state index in [2.05, 4.69) is 19.2 Å². The second kappa shape index (κ2) is 57.2. The molecule has 3 aliphatic rings. The van der Waals surface area contributed by atoms with Gasteiger partial charge in [0.15, 0.2) is 18.9 Å². The third-order valence-electron chi connectivity index (χ3n) is 19.8. The molecule has 3 fully saturated rings. The number of amides is 1. The van der Waals surface area contributed by atoms with E-state index in [1.807, 2.05) is 6.08 Å². The van der Waals surface area contributed by atoms with Crippen LogP contribution in [0.2, 0.25) is 0 Å². The van der Waals surface area contributed by atoms with Crippen LogP contribution >= 0.6 is 0 Å². The number of aliphatic hydroxyl groups excluding tert-OH is 11. The summed E-state index contributed by atoms with van der Waals surface area (Å²) in [4.78, 5) is 13.4. The van der Waals surface area contributed by atoms with Crippen molar-refractivity contribution >= 4 is 5.91 Å². The van der Waals surface area contributed by atoms with Crippen molar-refractivity contribution in [3.63, 3.8) is 0 Å². The van der Waals surface area contributed by atoms with E-state index in [0.29, 0.717) is 6.42 Å². The molecule has 94 heavy (non-hydrogen) atoms. The van der Waals surface area contributed by atoms with Gasteiger partial charge >= 0.3 is 0 Å². The minimum absolute atomic E-state index is 0.250. The lowest BCUT2D eigenvalue weighted by Crippen LogP contribution is -2.66. The molecule has 0 spiro atoms. The number of aliphatic hydroxyl groups is 11. The molecule has 0 radical (unpaired) electrons. The van der Waals surface area contributed by atoms with Gasteiger partial charge in [-0.2, -0.15) is 0 Å². The summed E-state index contributed by atoms with van der Waals surface area (Å²) in [7, 11) is 0. The van der Waals surface area contributed by atoms with Gasteiger partial charge < -0.3 is 89.9 Å². The summed E-state index contributed by atoms with van der Waals surface area (Å²) in [5.41, 5.74) is 0. The van der Waals surface area contributed by atoms with E-state index in [1.54, 1.807) is 6.08 Å². The summed E-state index contributed by atoms with van der Waals surface area (Å²) in [6.07, 6.45) is 39.2. The maximum atomic E-state index is 13.4. The molecule has 12 N–H and O–H groups in total. The van der Waals surface area contributed by atoms with Crippen molar-refractivity contribution in [2.24, 2.45) is 0 Å². The molecule has 0 bridgehead atoms. The van der Waals surface area contributed by atoms with Crippen molar-refractivity contribution in [1.82, 2.24) is 5.32 Å². The van der Waals surface area contributed by atoms with Crippen molar-refractivity contribution in [2.45, 2.75) is 433 Å². The van der Waals surface area contributed by atoms with Crippen LogP contribution in [-0.2, 0) is 33.2 Å². The Bertz CT molecular complexity index is 1750. The molecule has 556 valence electrons. The van der Waals surface area contributed by atoms with E-state index in [9.17, 15) is 61.0 Å². The van der Waals surface area contributed by atoms with E-state index in [-0.39, 0.29) is 18.9 Å². The molecular weight excluding hydrogens is 1200 g/mol. The molecule has 3 aliphatic heterocycles. The fourth-order valence-corrected chi connectivity index (χ4v) is 13.5. The van der Waals surface area contributed by atoms with Gasteiger partial charge in [0.05, 0.1) is 38.6 Å². The molecule has 19 heteroatoms. The topological polar surface area (TPSA) is 307 Å². The number of carbonyl (C=O) groups excluding carboxylic acids is 1. The average molecular weight is 1350 g/mol. The van der Waals surface area contributed by atoms with Crippen molar-refractivity contribution in [2.75, 3.05) is 26.4 Å². The van der Waals surface area contributed by atoms with Gasteiger partial charge in [-0.25, -0.2) is 0 Å². The fourth-order valence-electron chi connectivity index (χ4n) is 13.5. The van der Waals surface area contributed by atoms with Crippen LogP contribution in [0, 0.1) is 0 Å². The molecule has 17 atom stereocenters. The predicted octanol–water partition coefficient (Wildman–Crippen LogP) is 12.0. The van der Waals surface area contributed by atoms with Crippen molar-refractivity contribution in [3.8, 4) is 0 Å². The summed E-state index contributed by atoms with van der Waals surface area (Å²) in [6.45, 7) is 1.79. The van der Waals surface area contributed by atoms with E-state index in [0.717, 1.165) is 44.9 Å². The van der Waals surface area contributed by atoms with Crippen LogP contribution in [0.4, 0.5) is 0 Å². The highest BCUT2D eigenvalue weighted by Gasteiger charge is 2.53. The van der Waals surface area contributed by atoms with E-state index in [4.69, 9.17) is 28.4 Å². The van der Waals surface area contributed by atoms with Gasteiger partial charge in [-0.1, -0.05) is 315 Å². The minimum Gasteiger partial charge on any atom is -0.394 e. The summed E-state index contributed by atoms with van der Waals surface area (Å²) < 4.78 is 34.4. The SMILES string of the molecule is CCCCCCCCCCCCCCCCCCCCCCCCCCCCCCCC/C=C/C(O)C(COC1OC(CO)C(OC2OC(CO)C(OC3OC(CO)C(O)C(O)C3O)C(O)C2O)C(O)C1O)NC(=O)CCCCCCCCCCCCCCCCCCC. The molecule has 3 rings (SSSR count). The third kappa shape index (κ3) is 37.8. The number of nitrogens with one attached hydrogen (secondary N) is 1. The highest BCUT2D eigenvalue weighted by atomic mass is 16.8. The smallest absolute Gasteiger partial charge is 0.220 e. The van der Waals surface area contributed by atoms with Crippen molar-refractivity contribution < 1.29 is 89.4 Å². The molecule has 0 saturated carbocycles. The lowest BCUT2D eigenvalue weighted by atomic mass is 9.96. The number of unbranched alkanes of at least 4 members (excludes halogenated alkanes) is 46. The Labute approximate surface area is 569 Å². The van der Waals surface area contributed by atoms with Crippen LogP contribution in [0.25, 0.3) is 0 Å². The maximum Gasteiger partial charge on any atom is 0.220 e. The van der Waals surface area contributed by atoms with Crippen LogP contribution < -0.4 is 5.32 Å². The van der Waals surface area contributed by atoms with Gasteiger partial charge in [0, 0.05) is 6.42 Å². The number of rotatable bonds is 62. The van der Waals surface area contributed by atoms with Crippen molar-refractivity contribution in [3.05, 3.63) is 12.2 Å². The van der Waals surface area contributed by atoms with Crippen LogP contribution in [0.1, 0.15) is 328 Å². The molecule has 0 aromatic carbocycles. The van der Waals surface area contributed by atoms with Gasteiger partial charge in [-0.3, -0.25) is 4.79 Å². The lowest BCUT2D eigenvalue weighted by Gasteiger charge is -2.48. The first-order valence-electron chi connectivity index (χ1n) is 38.9. The van der Waals surface area contributed by atoms with Gasteiger partial charge in [-0.05, 0) is 19.3 Å². The minimum atomic E-state index is -1.98. The molecule has 19 nitrogen and oxygen atoms in total. The molecule has 17 unspecified atom stereocenters. The largest absolute Gasteiger partial charge is 0.394 e.